The molecule has 0 saturated carbocycles. The Kier molecular flexibility index (Phi) is 3.74. The lowest BCUT2D eigenvalue weighted by Gasteiger charge is -2.03. The number of aryl methyl sites for hydroxylation is 2. The summed E-state index contributed by atoms with van der Waals surface area (Å²) in [6.45, 7) is 3.03. The Morgan fingerprint density at radius 1 is 1.40 bits per heavy atom. The first-order valence-corrected chi connectivity index (χ1v) is 5.68. The van der Waals surface area contributed by atoms with E-state index in [2.05, 4.69) is 10.2 Å². The number of aromatic nitrogens is 2. The third-order valence-electron chi connectivity index (χ3n) is 2.54. The van der Waals surface area contributed by atoms with Gasteiger partial charge in [0.15, 0.2) is 6.61 Å². The van der Waals surface area contributed by atoms with Crippen molar-refractivity contribution < 1.29 is 18.9 Å². The highest BCUT2D eigenvalue weighted by Crippen LogP contribution is 2.20. The van der Waals surface area contributed by atoms with E-state index in [0.717, 1.165) is 0 Å². The second kappa shape index (κ2) is 5.47. The number of nitrogens with zero attached hydrogens (tertiary/aromatic N) is 3. The van der Waals surface area contributed by atoms with Crippen molar-refractivity contribution in [2.45, 2.75) is 20.5 Å². The largest absolute Gasteiger partial charge is 0.452 e. The average Bonchev–Trinajstić information content (AvgIpc) is 2.82. The van der Waals surface area contributed by atoms with Crippen LogP contribution in [0.2, 0.25) is 0 Å². The maximum atomic E-state index is 11.8. The summed E-state index contributed by atoms with van der Waals surface area (Å²) >= 11 is 0. The van der Waals surface area contributed by atoms with E-state index in [4.69, 9.17) is 9.15 Å². The van der Waals surface area contributed by atoms with Gasteiger partial charge in [-0.25, -0.2) is 4.79 Å². The molecule has 0 bridgehead atoms. The Balaban J connectivity index is 2.09. The van der Waals surface area contributed by atoms with Gasteiger partial charge in [0.05, 0.1) is 10.5 Å². The molecule has 1 aromatic carbocycles. The van der Waals surface area contributed by atoms with Gasteiger partial charge in [-0.2, -0.15) is 0 Å². The van der Waals surface area contributed by atoms with E-state index in [9.17, 15) is 14.9 Å². The van der Waals surface area contributed by atoms with Gasteiger partial charge in [-0.3, -0.25) is 10.1 Å². The van der Waals surface area contributed by atoms with E-state index in [1.165, 1.54) is 18.2 Å². The van der Waals surface area contributed by atoms with Crippen LogP contribution in [0.5, 0.6) is 0 Å². The van der Waals surface area contributed by atoms with Crippen LogP contribution in [0.1, 0.15) is 27.7 Å². The molecule has 8 nitrogen and oxygen atoms in total. The number of carbonyl (C=O) groups excluding carboxylic acids is 1. The Morgan fingerprint density at radius 3 is 2.75 bits per heavy atom. The van der Waals surface area contributed by atoms with E-state index in [1.54, 1.807) is 13.8 Å². The number of nitro groups is 1. The van der Waals surface area contributed by atoms with Crippen LogP contribution in [0.4, 0.5) is 5.69 Å². The molecule has 0 unspecified atom stereocenters. The summed E-state index contributed by atoms with van der Waals surface area (Å²) in [4.78, 5) is 22.0. The number of hydrogen-bond donors (Lipinski definition) is 0. The summed E-state index contributed by atoms with van der Waals surface area (Å²) in [6, 6.07) is 4.13. The minimum atomic E-state index is -0.691. The number of esters is 1. The number of ether oxygens (including phenoxy) is 1. The van der Waals surface area contributed by atoms with E-state index in [1.807, 2.05) is 0 Å². The minimum Gasteiger partial charge on any atom is -0.452 e. The molecule has 0 atom stereocenters. The number of nitro benzene ring substituents is 1. The number of rotatable bonds is 4. The zero-order valence-corrected chi connectivity index (χ0v) is 10.8. The molecule has 0 amide bonds. The number of hydrogen-bond acceptors (Lipinski definition) is 7. The Bertz CT molecular complexity index is 665. The Hall–Kier alpha value is -2.77. The molecule has 0 fully saturated rings. The maximum Gasteiger partial charge on any atom is 0.338 e. The van der Waals surface area contributed by atoms with Crippen LogP contribution >= 0.6 is 0 Å². The molecule has 0 aliphatic heterocycles. The number of carbonyl (C=O) groups is 1. The first-order chi connectivity index (χ1) is 9.47. The lowest BCUT2D eigenvalue weighted by molar-refractivity contribution is -0.385. The highest BCUT2D eigenvalue weighted by molar-refractivity contribution is 5.90. The van der Waals surface area contributed by atoms with Gasteiger partial charge >= 0.3 is 5.97 Å². The highest BCUT2D eigenvalue weighted by Gasteiger charge is 2.16. The lowest BCUT2D eigenvalue weighted by atomic mass is 10.1. The molecule has 0 aliphatic rings. The predicted molar refractivity (Wildman–Crippen MR) is 66.0 cm³/mol. The Labute approximate surface area is 113 Å². The fraction of sp³-hybridized carbons (Fsp3) is 0.250. The van der Waals surface area contributed by atoms with Crippen LogP contribution in [-0.4, -0.2) is 21.1 Å². The molecule has 0 N–H and O–H groups in total. The molecule has 2 aromatic rings. The Morgan fingerprint density at radius 2 is 2.15 bits per heavy atom. The molecule has 2 rings (SSSR count). The summed E-state index contributed by atoms with van der Waals surface area (Å²) in [6.07, 6.45) is 0. The van der Waals surface area contributed by atoms with Crippen LogP contribution in [-0.2, 0) is 11.3 Å². The van der Waals surface area contributed by atoms with Crippen LogP contribution in [0.15, 0.2) is 22.6 Å². The normalized spacial score (nSPS) is 10.3. The van der Waals surface area contributed by atoms with Crippen molar-refractivity contribution in [3.05, 3.63) is 51.2 Å². The summed E-state index contributed by atoms with van der Waals surface area (Å²) in [5.74, 6) is -0.163. The molecule has 0 radical (unpaired) electrons. The molecular weight excluding hydrogens is 266 g/mol. The molecule has 1 heterocycles. The average molecular weight is 277 g/mol. The van der Waals surface area contributed by atoms with E-state index >= 15 is 0 Å². The van der Waals surface area contributed by atoms with Crippen LogP contribution in [0.25, 0.3) is 0 Å². The molecule has 1 aromatic heterocycles. The number of benzene rings is 1. The molecule has 0 saturated heterocycles. The maximum absolute atomic E-state index is 11.8. The van der Waals surface area contributed by atoms with Crippen LogP contribution in [0.3, 0.4) is 0 Å². The van der Waals surface area contributed by atoms with Crippen LogP contribution in [0, 0.1) is 24.0 Å². The van der Waals surface area contributed by atoms with Crippen molar-refractivity contribution in [2.75, 3.05) is 0 Å². The SMILES string of the molecule is Cc1nnc(COC(=O)c2ccc(C)c([N+](=O)[O-])c2)o1. The van der Waals surface area contributed by atoms with Crippen LogP contribution < -0.4 is 0 Å². The lowest BCUT2D eigenvalue weighted by Crippen LogP contribution is -2.06. The van der Waals surface area contributed by atoms with Gasteiger partial charge in [-0.1, -0.05) is 6.07 Å². The van der Waals surface area contributed by atoms with E-state index in [0.29, 0.717) is 11.5 Å². The predicted octanol–water partition coefficient (Wildman–Crippen LogP) is 1.95. The molecule has 0 spiro atoms. The first-order valence-electron chi connectivity index (χ1n) is 5.68. The van der Waals surface area contributed by atoms with Crippen molar-refractivity contribution in [3.8, 4) is 0 Å². The standard InChI is InChI=1S/C12H11N3O5/c1-7-3-4-9(5-10(7)15(17)18)12(16)19-6-11-14-13-8(2)20-11/h3-5H,6H2,1-2H3. The van der Waals surface area contributed by atoms with E-state index in [-0.39, 0.29) is 23.7 Å². The third-order valence-corrected chi connectivity index (χ3v) is 2.54. The van der Waals surface area contributed by atoms with Gasteiger partial charge in [0.2, 0.25) is 5.89 Å². The zero-order chi connectivity index (χ0) is 14.7. The quantitative estimate of drug-likeness (QED) is 0.477. The monoisotopic (exact) mass is 277 g/mol. The fourth-order valence-electron chi connectivity index (χ4n) is 1.54. The van der Waals surface area contributed by atoms with Gasteiger partial charge in [0.1, 0.15) is 0 Å². The smallest absolute Gasteiger partial charge is 0.338 e. The van der Waals surface area contributed by atoms with Crippen molar-refractivity contribution in [3.63, 3.8) is 0 Å². The summed E-state index contributed by atoms with van der Waals surface area (Å²) in [7, 11) is 0. The minimum absolute atomic E-state index is 0.0959. The van der Waals surface area contributed by atoms with Crippen molar-refractivity contribution in [1.82, 2.24) is 10.2 Å². The summed E-state index contributed by atoms with van der Waals surface area (Å²) in [5, 5.41) is 18.1. The van der Waals surface area contributed by atoms with E-state index < -0.39 is 10.9 Å². The topological polar surface area (TPSA) is 108 Å². The van der Waals surface area contributed by atoms with Gasteiger partial charge < -0.3 is 9.15 Å². The highest BCUT2D eigenvalue weighted by atomic mass is 16.6. The third kappa shape index (κ3) is 2.97. The van der Waals surface area contributed by atoms with Gasteiger partial charge in [-0.15, -0.1) is 10.2 Å². The summed E-state index contributed by atoms with van der Waals surface area (Å²) < 4.78 is 9.99. The van der Waals surface area contributed by atoms with Crippen molar-refractivity contribution in [2.24, 2.45) is 0 Å². The molecule has 104 valence electrons. The zero-order valence-electron chi connectivity index (χ0n) is 10.8. The first kappa shape index (κ1) is 13.7. The van der Waals surface area contributed by atoms with Gasteiger partial charge in [0.25, 0.3) is 11.6 Å². The molecule has 20 heavy (non-hydrogen) atoms. The molecule has 0 aliphatic carbocycles. The fourth-order valence-corrected chi connectivity index (χ4v) is 1.54. The van der Waals surface area contributed by atoms with Crippen molar-refractivity contribution >= 4 is 11.7 Å². The summed E-state index contributed by atoms with van der Waals surface area (Å²) in [5.41, 5.74) is 0.436. The molecular formula is C12H11N3O5. The molecule has 8 heteroatoms. The van der Waals surface area contributed by atoms with Gasteiger partial charge in [-0.05, 0) is 13.0 Å². The van der Waals surface area contributed by atoms with Gasteiger partial charge in [0, 0.05) is 18.6 Å². The van der Waals surface area contributed by atoms with Crippen molar-refractivity contribution in [1.29, 1.82) is 0 Å². The second-order valence-corrected chi connectivity index (χ2v) is 4.05. The second-order valence-electron chi connectivity index (χ2n) is 4.05.